The minimum absolute atomic E-state index is 0.374. The second-order valence-electron chi connectivity index (χ2n) is 5.63. The van der Waals surface area contributed by atoms with Gasteiger partial charge in [-0.1, -0.05) is 39.8 Å². The third-order valence-corrected chi connectivity index (χ3v) is 5.53. The largest absolute Gasteiger partial charge is 0.310 e. The minimum Gasteiger partial charge on any atom is -0.310 e. The summed E-state index contributed by atoms with van der Waals surface area (Å²) in [7, 11) is -3.40. The van der Waals surface area contributed by atoms with Crippen molar-refractivity contribution in [3.63, 3.8) is 0 Å². The first-order valence-electron chi connectivity index (χ1n) is 7.66. The molecule has 0 aromatic heterocycles. The van der Waals surface area contributed by atoms with Crippen molar-refractivity contribution in [3.8, 4) is 0 Å². The van der Waals surface area contributed by atoms with Gasteiger partial charge >= 0.3 is 0 Å². The van der Waals surface area contributed by atoms with E-state index < -0.39 is 10.0 Å². The van der Waals surface area contributed by atoms with Crippen LogP contribution in [0, 0.1) is 6.92 Å². The number of hydrogen-bond donors (Lipinski definition) is 1. The Hall–Kier alpha value is -0.910. The zero-order chi connectivity index (χ0) is 16.0. The molecule has 1 rings (SSSR count). The molecule has 0 radical (unpaired) electrons. The van der Waals surface area contributed by atoms with Crippen molar-refractivity contribution in [2.75, 3.05) is 13.1 Å². The average molecular weight is 312 g/mol. The van der Waals surface area contributed by atoms with E-state index in [1.165, 1.54) is 0 Å². The van der Waals surface area contributed by atoms with Gasteiger partial charge in [-0.2, -0.15) is 4.31 Å². The molecule has 5 heteroatoms. The Bertz CT molecular complexity index is 553. The van der Waals surface area contributed by atoms with Crippen molar-refractivity contribution in [1.82, 2.24) is 9.62 Å². The molecule has 0 spiro atoms. The molecule has 0 saturated heterocycles. The van der Waals surface area contributed by atoms with Crippen molar-refractivity contribution < 1.29 is 8.42 Å². The number of sulfonamides is 1. The van der Waals surface area contributed by atoms with Crippen LogP contribution < -0.4 is 5.32 Å². The fourth-order valence-electron chi connectivity index (χ4n) is 2.19. The van der Waals surface area contributed by atoms with Crippen LogP contribution in [0.15, 0.2) is 23.1 Å². The lowest BCUT2D eigenvalue weighted by molar-refractivity contribution is 0.426. The highest BCUT2D eigenvalue weighted by molar-refractivity contribution is 7.89. The summed E-state index contributed by atoms with van der Waals surface area (Å²) in [4.78, 5) is 0.431. The van der Waals surface area contributed by atoms with Gasteiger partial charge in [-0.15, -0.1) is 0 Å². The molecule has 0 atom stereocenters. The van der Waals surface area contributed by atoms with E-state index in [1.54, 1.807) is 10.4 Å². The molecule has 21 heavy (non-hydrogen) atoms. The first-order chi connectivity index (χ1) is 9.82. The molecule has 0 fully saturated rings. The van der Waals surface area contributed by atoms with Crippen LogP contribution in [0.5, 0.6) is 0 Å². The summed E-state index contributed by atoms with van der Waals surface area (Å²) in [6.07, 6.45) is 0.820. The number of aryl methyl sites for hydroxylation is 1. The van der Waals surface area contributed by atoms with Gasteiger partial charge in [0, 0.05) is 25.7 Å². The standard InChI is InChI=1S/C16H28N2O2S/c1-6-10-18(7-2)21(19,20)16-11-15(9-8-14(16)5)12-17-13(3)4/h8-9,11,13,17H,6-7,10,12H2,1-5H3. The Kier molecular flexibility index (Phi) is 6.84. The van der Waals surface area contributed by atoms with Crippen LogP contribution in [0.3, 0.4) is 0 Å². The molecule has 0 bridgehead atoms. The topological polar surface area (TPSA) is 49.4 Å². The molecule has 0 saturated carbocycles. The highest BCUT2D eigenvalue weighted by atomic mass is 32.2. The highest BCUT2D eigenvalue weighted by Gasteiger charge is 2.24. The number of benzene rings is 1. The van der Waals surface area contributed by atoms with E-state index in [1.807, 2.05) is 32.9 Å². The molecule has 1 N–H and O–H groups in total. The Labute approximate surface area is 129 Å². The highest BCUT2D eigenvalue weighted by Crippen LogP contribution is 2.21. The van der Waals surface area contributed by atoms with Crippen molar-refractivity contribution in [1.29, 1.82) is 0 Å². The summed E-state index contributed by atoms with van der Waals surface area (Å²) in [6, 6.07) is 6.06. The average Bonchev–Trinajstić information content (AvgIpc) is 2.43. The fourth-order valence-corrected chi connectivity index (χ4v) is 4.01. The van der Waals surface area contributed by atoms with Crippen molar-refractivity contribution in [3.05, 3.63) is 29.3 Å². The summed E-state index contributed by atoms with van der Waals surface area (Å²) >= 11 is 0. The number of nitrogens with zero attached hydrogens (tertiary/aromatic N) is 1. The normalized spacial score (nSPS) is 12.3. The second kappa shape index (κ2) is 7.92. The first kappa shape index (κ1) is 18.1. The minimum atomic E-state index is -3.40. The predicted molar refractivity (Wildman–Crippen MR) is 87.9 cm³/mol. The maximum absolute atomic E-state index is 12.8. The molecule has 0 aliphatic rings. The van der Waals surface area contributed by atoms with Gasteiger partial charge in [-0.05, 0) is 30.5 Å². The quantitative estimate of drug-likeness (QED) is 0.803. The first-order valence-corrected chi connectivity index (χ1v) is 9.10. The lowest BCUT2D eigenvalue weighted by Crippen LogP contribution is -2.32. The van der Waals surface area contributed by atoms with Crippen molar-refractivity contribution >= 4 is 10.0 Å². The molecule has 0 heterocycles. The van der Waals surface area contributed by atoms with Gasteiger partial charge in [-0.25, -0.2) is 8.42 Å². The van der Waals surface area contributed by atoms with Crippen LogP contribution in [-0.4, -0.2) is 31.9 Å². The number of nitrogens with one attached hydrogen (secondary N) is 1. The molecule has 0 aliphatic carbocycles. The fraction of sp³-hybridized carbons (Fsp3) is 0.625. The summed E-state index contributed by atoms with van der Waals surface area (Å²) in [5.41, 5.74) is 1.80. The summed E-state index contributed by atoms with van der Waals surface area (Å²) in [5.74, 6) is 0. The molecule has 0 unspecified atom stereocenters. The molecular weight excluding hydrogens is 284 g/mol. The van der Waals surface area contributed by atoms with Gasteiger partial charge in [0.05, 0.1) is 4.90 Å². The van der Waals surface area contributed by atoms with E-state index in [2.05, 4.69) is 19.2 Å². The van der Waals surface area contributed by atoms with E-state index >= 15 is 0 Å². The van der Waals surface area contributed by atoms with E-state index in [-0.39, 0.29) is 0 Å². The van der Waals surface area contributed by atoms with E-state index in [4.69, 9.17) is 0 Å². The van der Waals surface area contributed by atoms with Gasteiger partial charge < -0.3 is 5.32 Å². The lowest BCUT2D eigenvalue weighted by Gasteiger charge is -2.21. The molecule has 0 amide bonds. The van der Waals surface area contributed by atoms with E-state index in [9.17, 15) is 8.42 Å². The summed E-state index contributed by atoms with van der Waals surface area (Å²) in [5, 5.41) is 3.32. The van der Waals surface area contributed by atoms with Crippen LogP contribution in [0.1, 0.15) is 45.2 Å². The molecular formula is C16H28N2O2S. The third kappa shape index (κ3) is 4.80. The molecule has 4 nitrogen and oxygen atoms in total. The molecule has 0 aliphatic heterocycles. The van der Waals surface area contributed by atoms with Gasteiger partial charge in [0.15, 0.2) is 0 Å². The maximum atomic E-state index is 12.8. The second-order valence-corrected chi connectivity index (χ2v) is 7.54. The van der Waals surface area contributed by atoms with Crippen LogP contribution in [0.4, 0.5) is 0 Å². The van der Waals surface area contributed by atoms with Gasteiger partial charge in [0.2, 0.25) is 10.0 Å². The Morgan fingerprint density at radius 2 is 1.90 bits per heavy atom. The van der Waals surface area contributed by atoms with Crippen LogP contribution in [0.2, 0.25) is 0 Å². The maximum Gasteiger partial charge on any atom is 0.243 e. The molecule has 1 aromatic carbocycles. The van der Waals surface area contributed by atoms with E-state index in [0.717, 1.165) is 17.5 Å². The van der Waals surface area contributed by atoms with Crippen molar-refractivity contribution in [2.24, 2.45) is 0 Å². The summed E-state index contributed by atoms with van der Waals surface area (Å²) in [6.45, 7) is 11.6. The lowest BCUT2D eigenvalue weighted by atomic mass is 10.1. The van der Waals surface area contributed by atoms with Crippen LogP contribution >= 0.6 is 0 Å². The zero-order valence-electron chi connectivity index (χ0n) is 13.8. The van der Waals surface area contributed by atoms with Crippen LogP contribution in [0.25, 0.3) is 0 Å². The summed E-state index contributed by atoms with van der Waals surface area (Å²) < 4.78 is 27.1. The Balaban J connectivity index is 3.12. The van der Waals surface area contributed by atoms with Gasteiger partial charge in [0.1, 0.15) is 0 Å². The van der Waals surface area contributed by atoms with E-state index in [0.29, 0.717) is 30.6 Å². The molecule has 1 aromatic rings. The monoisotopic (exact) mass is 312 g/mol. The predicted octanol–water partition coefficient (Wildman–Crippen LogP) is 2.91. The number of rotatable bonds is 8. The smallest absolute Gasteiger partial charge is 0.243 e. The van der Waals surface area contributed by atoms with Gasteiger partial charge in [-0.3, -0.25) is 0 Å². The Morgan fingerprint density at radius 1 is 1.24 bits per heavy atom. The van der Waals surface area contributed by atoms with Crippen LogP contribution in [-0.2, 0) is 16.6 Å². The zero-order valence-corrected chi connectivity index (χ0v) is 14.6. The Morgan fingerprint density at radius 3 is 2.43 bits per heavy atom. The SMILES string of the molecule is CCCN(CC)S(=O)(=O)c1cc(CNC(C)C)ccc1C. The van der Waals surface area contributed by atoms with Gasteiger partial charge in [0.25, 0.3) is 0 Å². The molecule has 120 valence electrons. The number of hydrogen-bond acceptors (Lipinski definition) is 3. The third-order valence-electron chi connectivity index (χ3n) is 3.41. The van der Waals surface area contributed by atoms with Crippen molar-refractivity contribution in [2.45, 2.75) is 58.5 Å².